The number of esters is 1. The molecule has 2 fully saturated rings. The lowest BCUT2D eigenvalue weighted by molar-refractivity contribution is -0.149. The van der Waals surface area contributed by atoms with E-state index in [1.807, 2.05) is 0 Å². The average Bonchev–Trinajstić information content (AvgIpc) is 3.42. The molecule has 2 atom stereocenters. The summed E-state index contributed by atoms with van der Waals surface area (Å²) in [6.45, 7) is 6.25. The molecule has 39 heavy (non-hydrogen) atoms. The van der Waals surface area contributed by atoms with Gasteiger partial charge in [0.15, 0.2) is 11.6 Å². The first-order valence-corrected chi connectivity index (χ1v) is 12.8. The van der Waals surface area contributed by atoms with E-state index in [-0.39, 0.29) is 24.9 Å². The number of carbonyl (C=O) groups excluding carboxylic acids is 4. The van der Waals surface area contributed by atoms with Crippen LogP contribution in [-0.4, -0.2) is 74.5 Å². The summed E-state index contributed by atoms with van der Waals surface area (Å²) in [6.07, 6.45) is 6.19. The fourth-order valence-electron chi connectivity index (χ4n) is 4.80. The van der Waals surface area contributed by atoms with Crippen LogP contribution in [0.15, 0.2) is 47.8 Å². The van der Waals surface area contributed by atoms with Gasteiger partial charge in [-0.1, -0.05) is 18.2 Å². The molecule has 2 aromatic heterocycles. The van der Waals surface area contributed by atoms with Gasteiger partial charge in [-0.15, -0.1) is 0 Å². The van der Waals surface area contributed by atoms with Crippen molar-refractivity contribution in [2.75, 3.05) is 13.2 Å². The Kier molecular flexibility index (Phi) is 8.44. The third-order valence-electron chi connectivity index (χ3n) is 6.60. The number of urea groups is 1. The van der Waals surface area contributed by atoms with E-state index in [1.165, 1.54) is 6.20 Å². The number of aliphatic imine (C=N–C) groups is 1. The molecule has 3 heterocycles. The standard InChI is InChI=1S/C26H28ClFN6O5/c1-4-20(28)23(31-14(3)19-12-30-22-18(19)9-15(27)11-29-22)32-16-7-6-8-17(10-16)34-25(37)24(36)33(26(34)38)13-21(35)39-5-2/h4,9,11-12,16-17,32H,1,5-8,10,13H2,2-3H3,(H,29,30)/b23-20-,31-14?/t16-,17+/m0/s1. The topological polar surface area (TPSA) is 137 Å². The van der Waals surface area contributed by atoms with E-state index in [1.54, 1.807) is 26.1 Å². The van der Waals surface area contributed by atoms with Crippen molar-refractivity contribution >= 4 is 52.2 Å². The number of nitrogens with one attached hydrogen (secondary N) is 2. The van der Waals surface area contributed by atoms with Gasteiger partial charge in [-0.2, -0.15) is 0 Å². The molecule has 0 aromatic carbocycles. The van der Waals surface area contributed by atoms with Crippen molar-refractivity contribution in [3.05, 3.63) is 53.3 Å². The molecule has 2 aliphatic rings. The van der Waals surface area contributed by atoms with Crippen LogP contribution in [0.2, 0.25) is 5.02 Å². The molecule has 2 aromatic rings. The van der Waals surface area contributed by atoms with E-state index in [0.29, 0.717) is 46.1 Å². The van der Waals surface area contributed by atoms with Crippen LogP contribution in [0.4, 0.5) is 9.18 Å². The van der Waals surface area contributed by atoms with E-state index >= 15 is 0 Å². The molecule has 1 aliphatic heterocycles. The molecule has 4 amide bonds. The maximum absolute atomic E-state index is 14.9. The maximum Gasteiger partial charge on any atom is 0.335 e. The first kappa shape index (κ1) is 28.0. The van der Waals surface area contributed by atoms with Crippen molar-refractivity contribution in [1.82, 2.24) is 25.1 Å². The molecule has 2 N–H and O–H groups in total. The summed E-state index contributed by atoms with van der Waals surface area (Å²) in [4.78, 5) is 63.1. The largest absolute Gasteiger partial charge is 0.465 e. The van der Waals surface area contributed by atoms with Crippen LogP contribution in [0.5, 0.6) is 0 Å². The Morgan fingerprint density at radius 1 is 1.36 bits per heavy atom. The minimum absolute atomic E-state index is 0.0587. The van der Waals surface area contributed by atoms with Crippen LogP contribution in [0.3, 0.4) is 0 Å². The molecule has 0 unspecified atom stereocenters. The highest BCUT2D eigenvalue weighted by atomic mass is 35.5. The molecule has 1 aliphatic carbocycles. The fraction of sp³-hybridized carbons (Fsp3) is 0.385. The third-order valence-corrected chi connectivity index (χ3v) is 6.81. The zero-order chi connectivity index (χ0) is 28.3. The van der Waals surface area contributed by atoms with Gasteiger partial charge in [-0.25, -0.2) is 24.1 Å². The monoisotopic (exact) mass is 558 g/mol. The van der Waals surface area contributed by atoms with Crippen molar-refractivity contribution in [2.45, 2.75) is 51.6 Å². The number of halogens is 2. The highest BCUT2D eigenvalue weighted by Crippen LogP contribution is 2.29. The van der Waals surface area contributed by atoms with E-state index in [9.17, 15) is 23.6 Å². The molecule has 1 saturated carbocycles. The molecule has 0 bridgehead atoms. The van der Waals surface area contributed by atoms with Crippen LogP contribution in [0.25, 0.3) is 11.0 Å². The first-order chi connectivity index (χ1) is 18.6. The predicted molar refractivity (Wildman–Crippen MR) is 141 cm³/mol. The summed E-state index contributed by atoms with van der Waals surface area (Å²) in [5.74, 6) is -3.60. The van der Waals surface area contributed by atoms with Crippen LogP contribution in [0, 0.1) is 0 Å². The molecule has 206 valence electrons. The number of hydrogen-bond donors (Lipinski definition) is 2. The minimum Gasteiger partial charge on any atom is -0.465 e. The van der Waals surface area contributed by atoms with Crippen LogP contribution in [-0.2, 0) is 19.1 Å². The summed E-state index contributed by atoms with van der Waals surface area (Å²) < 4.78 is 19.7. The highest BCUT2D eigenvalue weighted by molar-refractivity contribution is 6.45. The van der Waals surface area contributed by atoms with E-state index in [2.05, 4.69) is 26.9 Å². The molecular formula is C26H28ClFN6O5. The number of aromatic nitrogens is 2. The summed E-state index contributed by atoms with van der Waals surface area (Å²) in [5, 5.41) is 4.26. The zero-order valence-electron chi connectivity index (χ0n) is 21.5. The number of imide groups is 2. The number of carbonyl (C=O) groups is 4. The number of allylic oxidation sites excluding steroid dienone is 2. The van der Waals surface area contributed by atoms with Gasteiger partial charge in [-0.3, -0.25) is 19.3 Å². The van der Waals surface area contributed by atoms with Gasteiger partial charge in [0.2, 0.25) is 0 Å². The zero-order valence-corrected chi connectivity index (χ0v) is 22.3. The van der Waals surface area contributed by atoms with Crippen LogP contribution >= 0.6 is 11.6 Å². The predicted octanol–water partition coefficient (Wildman–Crippen LogP) is 3.60. The Labute approximate surface area is 228 Å². The number of amides is 4. The second-order valence-corrected chi connectivity index (χ2v) is 9.60. The number of nitrogens with zero attached hydrogens (tertiary/aromatic N) is 4. The average molecular weight is 559 g/mol. The van der Waals surface area contributed by atoms with Gasteiger partial charge in [-0.05, 0) is 51.7 Å². The molecule has 0 spiro atoms. The Balaban J connectivity index is 1.52. The lowest BCUT2D eigenvalue weighted by Crippen LogP contribution is -2.47. The van der Waals surface area contributed by atoms with Gasteiger partial charge in [0, 0.05) is 41.1 Å². The molecule has 4 rings (SSSR count). The number of fused-ring (bicyclic) bond motifs is 1. The summed E-state index contributed by atoms with van der Waals surface area (Å²) in [7, 11) is 0. The van der Waals surface area contributed by atoms with Crippen molar-refractivity contribution in [3.63, 3.8) is 0 Å². The normalized spacial score (nSPS) is 20.9. The number of aromatic amines is 1. The minimum atomic E-state index is -1.07. The van der Waals surface area contributed by atoms with Crippen molar-refractivity contribution in [2.24, 2.45) is 4.99 Å². The summed E-state index contributed by atoms with van der Waals surface area (Å²) in [6, 6.07) is -0.114. The van der Waals surface area contributed by atoms with Crippen LogP contribution in [0.1, 0.15) is 45.1 Å². The first-order valence-electron chi connectivity index (χ1n) is 12.5. The molecule has 0 radical (unpaired) electrons. The smallest absolute Gasteiger partial charge is 0.335 e. The Hall–Kier alpha value is -4.06. The molecule has 1 saturated heterocycles. The number of rotatable bonds is 9. The van der Waals surface area contributed by atoms with Crippen molar-refractivity contribution < 1.29 is 28.3 Å². The number of H-pyrrole nitrogens is 1. The van der Waals surface area contributed by atoms with Gasteiger partial charge < -0.3 is 15.0 Å². The van der Waals surface area contributed by atoms with Gasteiger partial charge in [0.25, 0.3) is 0 Å². The molecular weight excluding hydrogens is 531 g/mol. The Bertz CT molecular complexity index is 1400. The number of pyridine rings is 1. The fourth-order valence-corrected chi connectivity index (χ4v) is 4.96. The van der Waals surface area contributed by atoms with Crippen molar-refractivity contribution in [1.29, 1.82) is 0 Å². The number of ether oxygens (including phenoxy) is 1. The van der Waals surface area contributed by atoms with Crippen molar-refractivity contribution in [3.8, 4) is 0 Å². The second kappa shape index (κ2) is 11.8. The highest BCUT2D eigenvalue weighted by Gasteiger charge is 2.49. The third kappa shape index (κ3) is 5.85. The number of hydrogen-bond acceptors (Lipinski definition) is 8. The van der Waals surface area contributed by atoms with Gasteiger partial charge in [0.05, 0.1) is 11.6 Å². The Morgan fingerprint density at radius 3 is 2.85 bits per heavy atom. The SMILES string of the molecule is C=C/C(F)=C(\N=C(C)c1c[nH]c2ncc(Cl)cc12)N[C@H]1CCC[C@@H](N2C(=O)C(=O)N(CC(=O)OCC)C2=O)C1. The molecule has 13 heteroatoms. The van der Waals surface area contributed by atoms with Crippen LogP contribution < -0.4 is 5.32 Å². The van der Waals surface area contributed by atoms with Gasteiger partial charge >= 0.3 is 23.8 Å². The summed E-state index contributed by atoms with van der Waals surface area (Å²) >= 11 is 6.09. The molecule has 11 nitrogen and oxygen atoms in total. The van der Waals surface area contributed by atoms with Gasteiger partial charge in [0.1, 0.15) is 12.2 Å². The lowest BCUT2D eigenvalue weighted by Gasteiger charge is -2.34. The second-order valence-electron chi connectivity index (χ2n) is 9.17. The summed E-state index contributed by atoms with van der Waals surface area (Å²) in [5.41, 5.74) is 1.78. The quantitative estimate of drug-likeness (QED) is 0.158. The van der Waals surface area contributed by atoms with E-state index in [4.69, 9.17) is 16.3 Å². The van der Waals surface area contributed by atoms with E-state index in [0.717, 1.165) is 16.4 Å². The van der Waals surface area contributed by atoms with E-state index < -0.39 is 42.2 Å². The Morgan fingerprint density at radius 2 is 2.13 bits per heavy atom. The lowest BCUT2D eigenvalue weighted by atomic mass is 9.90. The maximum atomic E-state index is 14.9.